The average Bonchev–Trinajstić information content (AvgIpc) is 2.72. The first-order valence-corrected chi connectivity index (χ1v) is 5.18. The summed E-state index contributed by atoms with van der Waals surface area (Å²) < 4.78 is 4.35. The summed E-state index contributed by atoms with van der Waals surface area (Å²) in [6.45, 7) is 3.50. The van der Waals surface area contributed by atoms with Gasteiger partial charge in [-0.05, 0) is 47.4 Å². The van der Waals surface area contributed by atoms with E-state index in [2.05, 4.69) is 20.3 Å². The van der Waals surface area contributed by atoms with Gasteiger partial charge in [0, 0.05) is 5.69 Å². The summed E-state index contributed by atoms with van der Waals surface area (Å²) in [6, 6.07) is 3.22. The zero-order chi connectivity index (χ0) is 13.3. The molecule has 1 aromatic heterocycles. The van der Waals surface area contributed by atoms with Crippen LogP contribution in [0.5, 0.6) is 5.75 Å². The van der Waals surface area contributed by atoms with Crippen molar-refractivity contribution >= 4 is 17.4 Å². The SMILES string of the molecule is Cc1cc(NC(=O)c2nonc2N)c(C)cc1O. The highest BCUT2D eigenvalue weighted by Gasteiger charge is 2.17. The van der Waals surface area contributed by atoms with E-state index < -0.39 is 5.91 Å². The van der Waals surface area contributed by atoms with Crippen molar-refractivity contribution in [2.24, 2.45) is 0 Å². The van der Waals surface area contributed by atoms with Crippen LogP contribution in [0.4, 0.5) is 11.5 Å². The number of nitrogens with zero attached hydrogens (tertiary/aromatic N) is 2. The van der Waals surface area contributed by atoms with E-state index in [0.717, 1.165) is 5.56 Å². The molecule has 0 atom stereocenters. The molecule has 0 saturated heterocycles. The number of aryl methyl sites for hydroxylation is 2. The maximum absolute atomic E-state index is 11.8. The van der Waals surface area contributed by atoms with Gasteiger partial charge in [0.2, 0.25) is 11.5 Å². The van der Waals surface area contributed by atoms with Gasteiger partial charge < -0.3 is 16.2 Å². The molecule has 1 aromatic carbocycles. The number of hydrogen-bond donors (Lipinski definition) is 3. The first-order chi connectivity index (χ1) is 8.49. The Hall–Kier alpha value is -2.57. The van der Waals surface area contributed by atoms with E-state index in [1.54, 1.807) is 26.0 Å². The number of carbonyl (C=O) groups is 1. The Morgan fingerprint density at radius 1 is 1.33 bits per heavy atom. The van der Waals surface area contributed by atoms with Gasteiger partial charge in [0.25, 0.3) is 5.91 Å². The number of phenols is 1. The summed E-state index contributed by atoms with van der Waals surface area (Å²) >= 11 is 0. The number of rotatable bonds is 2. The summed E-state index contributed by atoms with van der Waals surface area (Å²) in [7, 11) is 0. The molecule has 0 unspecified atom stereocenters. The molecule has 0 saturated carbocycles. The third kappa shape index (κ3) is 2.10. The van der Waals surface area contributed by atoms with Crippen LogP contribution < -0.4 is 11.1 Å². The molecule has 4 N–H and O–H groups in total. The third-order valence-corrected chi connectivity index (χ3v) is 2.52. The Labute approximate surface area is 103 Å². The summed E-state index contributed by atoms with van der Waals surface area (Å²) in [5.41, 5.74) is 7.30. The molecule has 1 amide bonds. The molecule has 7 heteroatoms. The van der Waals surface area contributed by atoms with Crippen LogP contribution in [0.2, 0.25) is 0 Å². The lowest BCUT2D eigenvalue weighted by Crippen LogP contribution is -2.15. The van der Waals surface area contributed by atoms with Crippen LogP contribution in [0.1, 0.15) is 21.6 Å². The largest absolute Gasteiger partial charge is 0.508 e. The number of aromatic hydroxyl groups is 1. The van der Waals surface area contributed by atoms with Crippen LogP contribution in [0.3, 0.4) is 0 Å². The second kappa shape index (κ2) is 4.36. The van der Waals surface area contributed by atoms with Crippen molar-refractivity contribution in [2.45, 2.75) is 13.8 Å². The number of phenolic OH excluding ortho intramolecular Hbond substituents is 1. The molecule has 7 nitrogen and oxygen atoms in total. The Morgan fingerprint density at radius 2 is 2.06 bits per heavy atom. The molecular weight excluding hydrogens is 236 g/mol. The molecule has 0 aliphatic carbocycles. The first kappa shape index (κ1) is 11.9. The van der Waals surface area contributed by atoms with E-state index in [4.69, 9.17) is 5.73 Å². The first-order valence-electron chi connectivity index (χ1n) is 5.18. The van der Waals surface area contributed by atoms with Gasteiger partial charge in [-0.2, -0.15) is 0 Å². The quantitative estimate of drug-likeness (QED) is 0.688. The Kier molecular flexibility index (Phi) is 2.88. The normalized spacial score (nSPS) is 10.3. The molecule has 2 rings (SSSR count). The lowest BCUT2D eigenvalue weighted by atomic mass is 10.1. The van der Waals surface area contributed by atoms with Gasteiger partial charge in [0.05, 0.1) is 0 Å². The van der Waals surface area contributed by atoms with Crippen LogP contribution in [-0.4, -0.2) is 21.3 Å². The fourth-order valence-corrected chi connectivity index (χ4v) is 1.47. The third-order valence-electron chi connectivity index (χ3n) is 2.52. The highest BCUT2D eigenvalue weighted by Crippen LogP contribution is 2.25. The number of hydrogen-bond acceptors (Lipinski definition) is 6. The van der Waals surface area contributed by atoms with E-state index >= 15 is 0 Å². The molecular formula is C11H12N4O3. The summed E-state index contributed by atoms with van der Waals surface area (Å²) in [6.07, 6.45) is 0. The van der Waals surface area contributed by atoms with Crippen molar-refractivity contribution in [1.29, 1.82) is 0 Å². The highest BCUT2D eigenvalue weighted by atomic mass is 16.6. The minimum atomic E-state index is -0.512. The Morgan fingerprint density at radius 3 is 2.67 bits per heavy atom. The maximum atomic E-state index is 11.8. The number of anilines is 2. The smallest absolute Gasteiger partial charge is 0.281 e. The van der Waals surface area contributed by atoms with Gasteiger partial charge in [-0.1, -0.05) is 0 Å². The van der Waals surface area contributed by atoms with Crippen LogP contribution in [-0.2, 0) is 0 Å². The van der Waals surface area contributed by atoms with Gasteiger partial charge in [0.15, 0.2) is 0 Å². The standard InChI is InChI=1S/C11H12N4O3/c1-5-4-8(16)6(2)3-7(5)13-11(17)9-10(12)15-18-14-9/h3-4,16H,1-2H3,(H2,12,15)(H,13,17). The fourth-order valence-electron chi connectivity index (χ4n) is 1.47. The number of nitrogens with one attached hydrogen (secondary N) is 1. The van der Waals surface area contributed by atoms with Crippen LogP contribution >= 0.6 is 0 Å². The van der Waals surface area contributed by atoms with Crippen LogP contribution in [0.25, 0.3) is 0 Å². The number of carbonyl (C=O) groups excluding carboxylic acids is 1. The Bertz CT molecular complexity index is 606. The van der Waals surface area contributed by atoms with E-state index in [-0.39, 0.29) is 17.3 Å². The van der Waals surface area contributed by atoms with E-state index in [0.29, 0.717) is 11.3 Å². The summed E-state index contributed by atoms with van der Waals surface area (Å²) in [5.74, 6) is -0.407. The van der Waals surface area contributed by atoms with Crippen molar-refractivity contribution in [3.8, 4) is 5.75 Å². The van der Waals surface area contributed by atoms with Gasteiger partial charge in [-0.15, -0.1) is 0 Å². The predicted molar refractivity (Wildman–Crippen MR) is 64.2 cm³/mol. The van der Waals surface area contributed by atoms with Crippen molar-refractivity contribution in [3.63, 3.8) is 0 Å². The van der Waals surface area contributed by atoms with Gasteiger partial charge >= 0.3 is 0 Å². The summed E-state index contributed by atoms with van der Waals surface area (Å²) in [5, 5.41) is 18.9. The number of nitrogens with two attached hydrogens (primary N) is 1. The fraction of sp³-hybridized carbons (Fsp3) is 0.182. The second-order valence-electron chi connectivity index (χ2n) is 3.91. The van der Waals surface area contributed by atoms with Crippen molar-refractivity contribution < 1.29 is 14.5 Å². The molecule has 2 aromatic rings. The average molecular weight is 248 g/mol. The second-order valence-corrected chi connectivity index (χ2v) is 3.91. The maximum Gasteiger partial charge on any atom is 0.281 e. The predicted octanol–water partition coefficient (Wildman–Crippen LogP) is 1.23. The zero-order valence-corrected chi connectivity index (χ0v) is 9.89. The molecule has 0 aliphatic heterocycles. The lowest BCUT2D eigenvalue weighted by molar-refractivity contribution is 0.101. The lowest BCUT2D eigenvalue weighted by Gasteiger charge is -2.09. The molecule has 0 fully saturated rings. The molecule has 0 spiro atoms. The van der Waals surface area contributed by atoms with E-state index in [1.165, 1.54) is 0 Å². The zero-order valence-electron chi connectivity index (χ0n) is 9.89. The molecule has 18 heavy (non-hydrogen) atoms. The molecule has 0 bridgehead atoms. The van der Waals surface area contributed by atoms with Crippen molar-refractivity contribution in [2.75, 3.05) is 11.1 Å². The van der Waals surface area contributed by atoms with E-state index in [1.807, 2.05) is 0 Å². The molecule has 1 heterocycles. The number of aromatic nitrogens is 2. The van der Waals surface area contributed by atoms with Crippen molar-refractivity contribution in [3.05, 3.63) is 29.0 Å². The van der Waals surface area contributed by atoms with Crippen LogP contribution in [0, 0.1) is 13.8 Å². The minimum absolute atomic E-state index is 0.0688. The van der Waals surface area contributed by atoms with E-state index in [9.17, 15) is 9.90 Å². The summed E-state index contributed by atoms with van der Waals surface area (Å²) in [4.78, 5) is 11.8. The number of amides is 1. The van der Waals surface area contributed by atoms with Gasteiger partial charge in [-0.3, -0.25) is 4.79 Å². The Balaban J connectivity index is 2.28. The van der Waals surface area contributed by atoms with Crippen LogP contribution in [0.15, 0.2) is 16.8 Å². The number of nitrogen functional groups attached to an aromatic ring is 1. The van der Waals surface area contributed by atoms with Crippen molar-refractivity contribution in [1.82, 2.24) is 10.3 Å². The van der Waals surface area contributed by atoms with Gasteiger partial charge in [0.1, 0.15) is 5.75 Å². The molecule has 0 radical (unpaired) electrons. The van der Waals surface area contributed by atoms with Gasteiger partial charge in [-0.25, -0.2) is 4.63 Å². The monoisotopic (exact) mass is 248 g/mol. The highest BCUT2D eigenvalue weighted by molar-refractivity contribution is 6.05. The number of benzene rings is 1. The topological polar surface area (TPSA) is 114 Å². The molecule has 0 aliphatic rings. The molecule has 94 valence electrons. The minimum Gasteiger partial charge on any atom is -0.508 e.